The van der Waals surface area contributed by atoms with Crippen molar-refractivity contribution in [1.82, 2.24) is 0 Å². The van der Waals surface area contributed by atoms with E-state index in [9.17, 15) is 4.79 Å². The maximum absolute atomic E-state index is 10.1. The highest BCUT2D eigenvalue weighted by atomic mass is 32.2. The molecule has 0 spiro atoms. The summed E-state index contributed by atoms with van der Waals surface area (Å²) in [6, 6.07) is 0. The molecular weight excluding hydrogens is 164 g/mol. The van der Waals surface area contributed by atoms with Gasteiger partial charge in [0.1, 0.15) is 0 Å². The third-order valence-corrected chi connectivity index (χ3v) is 2.26. The Hall–Kier alpha value is -0.220. The summed E-state index contributed by atoms with van der Waals surface area (Å²) in [5.74, 6) is -0.0676. The minimum absolute atomic E-state index is 0.235. The summed E-state index contributed by atoms with van der Waals surface area (Å²) in [5.41, 5.74) is 0. The summed E-state index contributed by atoms with van der Waals surface area (Å²) in [5, 5.41) is 8.70. The van der Waals surface area contributed by atoms with E-state index in [4.69, 9.17) is 9.84 Å². The molecule has 1 N–H and O–H groups in total. The van der Waals surface area contributed by atoms with Crippen LogP contribution in [0.5, 0.6) is 0 Å². The molecule has 0 rings (SSSR count). The first kappa shape index (κ1) is 10.8. The van der Waals surface area contributed by atoms with E-state index in [2.05, 4.69) is 0 Å². The molecule has 0 aromatic carbocycles. The van der Waals surface area contributed by atoms with Gasteiger partial charge in [-0.05, 0) is 0 Å². The van der Waals surface area contributed by atoms with E-state index in [0.717, 1.165) is 0 Å². The smallest absolute Gasteiger partial charge is 0.304 e. The first-order valence-electron chi connectivity index (χ1n) is 3.49. The zero-order valence-electron chi connectivity index (χ0n) is 6.87. The molecular formula is C7H14O3S. The number of carbonyl (C=O) groups is 1. The van der Waals surface area contributed by atoms with Crippen LogP contribution in [-0.4, -0.2) is 35.8 Å². The number of carboxylic acid groups (broad SMARTS) is 1. The number of aliphatic carboxylic acids is 1. The van der Waals surface area contributed by atoms with Crippen LogP contribution in [0.25, 0.3) is 0 Å². The van der Waals surface area contributed by atoms with Gasteiger partial charge in [-0.2, -0.15) is 11.8 Å². The predicted molar refractivity (Wildman–Crippen MR) is 46.0 cm³/mol. The number of rotatable bonds is 6. The van der Waals surface area contributed by atoms with Crippen LogP contribution in [0.3, 0.4) is 0 Å². The highest BCUT2D eigenvalue weighted by Crippen LogP contribution is 2.11. The second kappa shape index (κ2) is 6.49. The predicted octanol–water partition coefficient (Wildman–Crippen LogP) is 1.23. The van der Waals surface area contributed by atoms with Gasteiger partial charge in [0, 0.05) is 18.1 Å². The van der Waals surface area contributed by atoms with Crippen LogP contribution < -0.4 is 0 Å². The van der Waals surface area contributed by atoms with E-state index < -0.39 is 5.97 Å². The van der Waals surface area contributed by atoms with Gasteiger partial charge in [-0.15, -0.1) is 0 Å². The molecule has 1 atom stereocenters. The van der Waals surface area contributed by atoms with Crippen LogP contribution in [0.4, 0.5) is 0 Å². The molecule has 4 heteroatoms. The molecule has 0 bridgehead atoms. The molecule has 0 radical (unpaired) electrons. The number of hydrogen-bond acceptors (Lipinski definition) is 3. The van der Waals surface area contributed by atoms with Crippen LogP contribution in [-0.2, 0) is 9.53 Å². The molecule has 3 nitrogen and oxygen atoms in total. The van der Waals surface area contributed by atoms with E-state index in [1.165, 1.54) is 0 Å². The lowest BCUT2D eigenvalue weighted by Crippen LogP contribution is -2.07. The average molecular weight is 178 g/mol. The molecule has 0 heterocycles. The van der Waals surface area contributed by atoms with Crippen LogP contribution in [0.2, 0.25) is 0 Å². The lowest BCUT2D eigenvalue weighted by atomic mass is 10.5. The standard InChI is InChI=1S/C7H14O3S/c1-6(5-10-2)11-4-3-7(8)9/h6H,3-5H2,1-2H3,(H,8,9). The van der Waals surface area contributed by atoms with Crippen molar-refractivity contribution in [3.8, 4) is 0 Å². The van der Waals surface area contributed by atoms with Gasteiger partial charge in [0.05, 0.1) is 13.0 Å². The number of ether oxygens (including phenoxy) is 1. The van der Waals surface area contributed by atoms with Crippen molar-refractivity contribution < 1.29 is 14.6 Å². The molecule has 0 aliphatic carbocycles. The molecule has 0 saturated carbocycles. The lowest BCUT2D eigenvalue weighted by Gasteiger charge is -2.07. The van der Waals surface area contributed by atoms with Gasteiger partial charge in [0.25, 0.3) is 0 Å². The van der Waals surface area contributed by atoms with E-state index in [1.807, 2.05) is 6.92 Å². The van der Waals surface area contributed by atoms with E-state index in [1.54, 1.807) is 18.9 Å². The Morgan fingerprint density at radius 1 is 1.73 bits per heavy atom. The minimum atomic E-state index is -0.734. The lowest BCUT2D eigenvalue weighted by molar-refractivity contribution is -0.136. The fourth-order valence-electron chi connectivity index (χ4n) is 0.630. The maximum Gasteiger partial charge on any atom is 0.304 e. The van der Waals surface area contributed by atoms with E-state index >= 15 is 0 Å². The second-order valence-electron chi connectivity index (χ2n) is 2.28. The Morgan fingerprint density at radius 2 is 2.36 bits per heavy atom. The van der Waals surface area contributed by atoms with Crippen molar-refractivity contribution in [2.75, 3.05) is 19.5 Å². The van der Waals surface area contributed by atoms with Crippen molar-refractivity contribution in [1.29, 1.82) is 0 Å². The monoisotopic (exact) mass is 178 g/mol. The Balaban J connectivity index is 3.16. The molecule has 11 heavy (non-hydrogen) atoms. The quantitative estimate of drug-likeness (QED) is 0.664. The zero-order chi connectivity index (χ0) is 8.69. The second-order valence-corrected chi connectivity index (χ2v) is 3.83. The van der Waals surface area contributed by atoms with Crippen molar-refractivity contribution in [3.63, 3.8) is 0 Å². The molecule has 66 valence electrons. The Kier molecular flexibility index (Phi) is 6.36. The Bertz CT molecular complexity index is 116. The first-order valence-corrected chi connectivity index (χ1v) is 4.54. The summed E-state index contributed by atoms with van der Waals surface area (Å²) >= 11 is 1.62. The van der Waals surface area contributed by atoms with Gasteiger partial charge in [-0.3, -0.25) is 4.79 Å². The Morgan fingerprint density at radius 3 is 2.82 bits per heavy atom. The van der Waals surface area contributed by atoms with Crippen molar-refractivity contribution >= 4 is 17.7 Å². The average Bonchev–Trinajstić information content (AvgIpc) is 1.87. The largest absolute Gasteiger partial charge is 0.481 e. The van der Waals surface area contributed by atoms with Crippen LogP contribution in [0, 0.1) is 0 Å². The molecule has 0 fully saturated rings. The van der Waals surface area contributed by atoms with Crippen LogP contribution in [0.1, 0.15) is 13.3 Å². The fourth-order valence-corrected chi connectivity index (χ4v) is 1.56. The SMILES string of the molecule is COCC(C)SCCC(=O)O. The zero-order valence-corrected chi connectivity index (χ0v) is 7.69. The highest BCUT2D eigenvalue weighted by Gasteiger charge is 2.02. The van der Waals surface area contributed by atoms with Gasteiger partial charge in [0.2, 0.25) is 0 Å². The molecule has 0 aliphatic heterocycles. The highest BCUT2D eigenvalue weighted by molar-refractivity contribution is 7.99. The van der Waals surface area contributed by atoms with Crippen molar-refractivity contribution in [2.45, 2.75) is 18.6 Å². The minimum Gasteiger partial charge on any atom is -0.481 e. The normalized spacial score (nSPS) is 12.9. The summed E-state index contributed by atoms with van der Waals surface area (Å²) in [7, 11) is 1.65. The van der Waals surface area contributed by atoms with E-state index in [0.29, 0.717) is 17.6 Å². The van der Waals surface area contributed by atoms with Crippen LogP contribution >= 0.6 is 11.8 Å². The molecule has 1 unspecified atom stereocenters. The van der Waals surface area contributed by atoms with Gasteiger partial charge < -0.3 is 9.84 Å². The molecule has 0 aromatic rings. The summed E-state index contributed by atoms with van der Waals surface area (Å²) < 4.78 is 4.89. The summed E-state index contributed by atoms with van der Waals surface area (Å²) in [6.07, 6.45) is 0.235. The molecule has 0 aliphatic rings. The van der Waals surface area contributed by atoms with Gasteiger partial charge >= 0.3 is 5.97 Å². The number of carboxylic acids is 1. The summed E-state index contributed by atoms with van der Waals surface area (Å²) in [4.78, 5) is 10.1. The summed E-state index contributed by atoms with van der Waals surface area (Å²) in [6.45, 7) is 2.71. The number of hydrogen-bond donors (Lipinski definition) is 1. The third kappa shape index (κ3) is 7.68. The van der Waals surface area contributed by atoms with Gasteiger partial charge in [-0.25, -0.2) is 0 Å². The van der Waals surface area contributed by atoms with Crippen molar-refractivity contribution in [2.24, 2.45) is 0 Å². The molecule has 0 aromatic heterocycles. The molecule has 0 saturated heterocycles. The number of methoxy groups -OCH3 is 1. The Labute approximate surface area is 71.1 Å². The van der Waals surface area contributed by atoms with E-state index in [-0.39, 0.29) is 6.42 Å². The van der Waals surface area contributed by atoms with Crippen LogP contribution in [0.15, 0.2) is 0 Å². The fraction of sp³-hybridized carbons (Fsp3) is 0.857. The number of thioether (sulfide) groups is 1. The van der Waals surface area contributed by atoms with Gasteiger partial charge in [-0.1, -0.05) is 6.92 Å². The maximum atomic E-state index is 10.1. The van der Waals surface area contributed by atoms with Crippen molar-refractivity contribution in [3.05, 3.63) is 0 Å². The van der Waals surface area contributed by atoms with Gasteiger partial charge in [0.15, 0.2) is 0 Å². The molecule has 0 amide bonds. The third-order valence-electron chi connectivity index (χ3n) is 1.12. The topological polar surface area (TPSA) is 46.5 Å². The first-order chi connectivity index (χ1) is 5.16.